The maximum Gasteiger partial charge on any atom is 0.181 e. The summed E-state index contributed by atoms with van der Waals surface area (Å²) in [6.07, 6.45) is 6.36. The number of fused-ring (bicyclic) bond motifs is 1. The average molecular weight is 263 g/mol. The lowest BCUT2D eigenvalue weighted by atomic mass is 9.88. The summed E-state index contributed by atoms with van der Waals surface area (Å²) >= 11 is 0. The number of phenolic OH excluding ortho intramolecular Hbond substituents is 2. The number of aliphatic hydroxyl groups is 1. The van der Waals surface area contributed by atoms with Gasteiger partial charge in [-0.05, 0) is 43.7 Å². The van der Waals surface area contributed by atoms with Gasteiger partial charge in [0.2, 0.25) is 0 Å². The van der Waals surface area contributed by atoms with Gasteiger partial charge in [0.1, 0.15) is 0 Å². The molecule has 19 heavy (non-hydrogen) atoms. The molecule has 1 atom stereocenters. The number of aromatic hydroxyl groups is 2. The minimum absolute atomic E-state index is 0.0586. The minimum Gasteiger partial charge on any atom is -0.504 e. The molecule has 4 nitrogen and oxygen atoms in total. The summed E-state index contributed by atoms with van der Waals surface area (Å²) in [5, 5.41) is 33.6. The number of hydrogen-bond donors (Lipinski definition) is 4. The van der Waals surface area contributed by atoms with Crippen LogP contribution in [-0.2, 0) is 6.42 Å². The Kier molecular flexibility index (Phi) is 3.27. The van der Waals surface area contributed by atoms with E-state index in [-0.39, 0.29) is 11.5 Å². The minimum atomic E-state index is -0.528. The van der Waals surface area contributed by atoms with Gasteiger partial charge in [-0.3, -0.25) is 0 Å². The molecule has 1 fully saturated rings. The van der Waals surface area contributed by atoms with Crippen LogP contribution >= 0.6 is 0 Å². The molecule has 2 aliphatic carbocycles. The second-order valence-electron chi connectivity index (χ2n) is 5.72. The van der Waals surface area contributed by atoms with Crippen molar-refractivity contribution in [2.45, 2.75) is 57.1 Å². The summed E-state index contributed by atoms with van der Waals surface area (Å²) in [5.74, 6) is -0.128. The zero-order valence-corrected chi connectivity index (χ0v) is 11.0. The van der Waals surface area contributed by atoms with Gasteiger partial charge in [0.25, 0.3) is 0 Å². The quantitative estimate of drug-likeness (QED) is 0.619. The van der Waals surface area contributed by atoms with Gasteiger partial charge in [-0.25, -0.2) is 0 Å². The van der Waals surface area contributed by atoms with Gasteiger partial charge in [-0.2, -0.15) is 0 Å². The maximum atomic E-state index is 10.1. The van der Waals surface area contributed by atoms with Crippen molar-refractivity contribution in [2.75, 3.05) is 5.32 Å². The molecule has 1 unspecified atom stereocenters. The highest BCUT2D eigenvalue weighted by atomic mass is 16.3. The van der Waals surface area contributed by atoms with Gasteiger partial charge in [0.15, 0.2) is 11.5 Å². The van der Waals surface area contributed by atoms with Crippen molar-refractivity contribution in [2.24, 2.45) is 0 Å². The molecule has 0 spiro atoms. The molecule has 104 valence electrons. The normalized spacial score (nSPS) is 23.3. The number of aliphatic hydroxyl groups excluding tert-OH is 1. The SMILES string of the molecule is Oc1c(NC2CCCC2)cc2c(c1O)CCCC2O. The zero-order valence-electron chi connectivity index (χ0n) is 11.0. The van der Waals surface area contributed by atoms with Gasteiger partial charge in [-0.1, -0.05) is 12.8 Å². The number of rotatable bonds is 2. The maximum absolute atomic E-state index is 10.1. The number of nitrogens with one attached hydrogen (secondary N) is 1. The molecule has 3 rings (SSSR count). The predicted octanol–water partition coefficient (Wildman–Crippen LogP) is 2.82. The first-order valence-electron chi connectivity index (χ1n) is 7.19. The topological polar surface area (TPSA) is 72.7 Å². The van der Waals surface area contributed by atoms with Crippen molar-refractivity contribution in [3.8, 4) is 11.5 Å². The smallest absolute Gasteiger partial charge is 0.181 e. The van der Waals surface area contributed by atoms with Crippen molar-refractivity contribution < 1.29 is 15.3 Å². The largest absolute Gasteiger partial charge is 0.504 e. The average Bonchev–Trinajstić information content (AvgIpc) is 2.90. The van der Waals surface area contributed by atoms with E-state index in [1.807, 2.05) is 6.07 Å². The van der Waals surface area contributed by atoms with E-state index in [1.165, 1.54) is 12.8 Å². The zero-order chi connectivity index (χ0) is 13.4. The van der Waals surface area contributed by atoms with E-state index in [4.69, 9.17) is 0 Å². The Morgan fingerprint density at radius 1 is 1.00 bits per heavy atom. The molecular formula is C15H21NO3. The van der Waals surface area contributed by atoms with E-state index < -0.39 is 6.10 Å². The molecule has 0 amide bonds. The molecule has 1 saturated carbocycles. The van der Waals surface area contributed by atoms with Crippen molar-refractivity contribution >= 4 is 5.69 Å². The standard InChI is InChI=1S/C15H21NO3/c17-13-7-3-6-10-11(13)8-12(15(19)14(10)18)16-9-4-1-2-5-9/h8-9,13,16-19H,1-7H2. The molecular weight excluding hydrogens is 242 g/mol. The molecule has 0 heterocycles. The molecule has 0 radical (unpaired) electrons. The Morgan fingerprint density at radius 3 is 2.47 bits per heavy atom. The van der Waals surface area contributed by atoms with Crippen LogP contribution in [0.2, 0.25) is 0 Å². The van der Waals surface area contributed by atoms with Crippen molar-refractivity contribution in [3.63, 3.8) is 0 Å². The van der Waals surface area contributed by atoms with E-state index in [1.54, 1.807) is 0 Å². The summed E-state index contributed by atoms with van der Waals surface area (Å²) in [7, 11) is 0. The highest BCUT2D eigenvalue weighted by Gasteiger charge is 2.26. The van der Waals surface area contributed by atoms with Crippen LogP contribution in [0.25, 0.3) is 0 Å². The van der Waals surface area contributed by atoms with E-state index in [0.717, 1.165) is 37.7 Å². The third-order valence-corrected chi connectivity index (χ3v) is 4.39. The number of phenols is 2. The first kappa shape index (κ1) is 12.6. The molecule has 1 aromatic carbocycles. The Balaban J connectivity index is 1.95. The van der Waals surface area contributed by atoms with Crippen molar-refractivity contribution in [1.82, 2.24) is 0 Å². The van der Waals surface area contributed by atoms with Crippen LogP contribution in [0.15, 0.2) is 6.07 Å². The first-order chi connectivity index (χ1) is 9.16. The molecule has 0 aliphatic heterocycles. The lowest BCUT2D eigenvalue weighted by Gasteiger charge is -2.25. The third-order valence-electron chi connectivity index (χ3n) is 4.39. The summed E-state index contributed by atoms with van der Waals surface area (Å²) in [4.78, 5) is 0. The molecule has 4 heteroatoms. The number of benzene rings is 1. The van der Waals surface area contributed by atoms with Gasteiger partial charge in [0, 0.05) is 11.6 Å². The fourth-order valence-electron chi connectivity index (χ4n) is 3.31. The third kappa shape index (κ3) is 2.25. The monoisotopic (exact) mass is 263 g/mol. The van der Waals surface area contributed by atoms with Gasteiger partial charge in [0.05, 0.1) is 11.8 Å². The van der Waals surface area contributed by atoms with E-state index in [2.05, 4.69) is 5.32 Å². The number of hydrogen-bond acceptors (Lipinski definition) is 4. The predicted molar refractivity (Wildman–Crippen MR) is 73.5 cm³/mol. The Labute approximate surface area is 113 Å². The molecule has 1 aromatic rings. The summed E-state index contributed by atoms with van der Waals surface area (Å²) in [5.41, 5.74) is 2.03. The van der Waals surface area contributed by atoms with E-state index >= 15 is 0 Å². The van der Waals surface area contributed by atoms with E-state index in [0.29, 0.717) is 17.3 Å². The molecule has 0 aromatic heterocycles. The molecule has 4 N–H and O–H groups in total. The Hall–Kier alpha value is -1.42. The summed E-state index contributed by atoms with van der Waals surface area (Å²) < 4.78 is 0. The number of anilines is 1. The first-order valence-corrected chi connectivity index (χ1v) is 7.19. The second kappa shape index (κ2) is 4.93. The highest BCUT2D eigenvalue weighted by molar-refractivity contribution is 5.68. The van der Waals surface area contributed by atoms with Gasteiger partial charge < -0.3 is 20.6 Å². The van der Waals surface area contributed by atoms with Gasteiger partial charge in [-0.15, -0.1) is 0 Å². The molecule has 0 saturated heterocycles. The van der Waals surface area contributed by atoms with E-state index in [9.17, 15) is 15.3 Å². The summed E-state index contributed by atoms with van der Waals surface area (Å²) in [6, 6.07) is 2.18. The highest BCUT2D eigenvalue weighted by Crippen LogP contribution is 2.45. The Morgan fingerprint density at radius 2 is 1.74 bits per heavy atom. The Bertz CT molecular complexity index is 481. The van der Waals surface area contributed by atoms with Crippen LogP contribution < -0.4 is 5.32 Å². The van der Waals surface area contributed by atoms with Crippen LogP contribution in [0.3, 0.4) is 0 Å². The van der Waals surface area contributed by atoms with Crippen LogP contribution in [0.4, 0.5) is 5.69 Å². The van der Waals surface area contributed by atoms with Crippen LogP contribution in [0.1, 0.15) is 55.8 Å². The van der Waals surface area contributed by atoms with Crippen LogP contribution in [0, 0.1) is 0 Å². The fourth-order valence-corrected chi connectivity index (χ4v) is 3.31. The fraction of sp³-hybridized carbons (Fsp3) is 0.600. The van der Waals surface area contributed by atoms with Crippen molar-refractivity contribution in [1.29, 1.82) is 0 Å². The summed E-state index contributed by atoms with van der Waals surface area (Å²) in [6.45, 7) is 0. The van der Waals surface area contributed by atoms with Gasteiger partial charge >= 0.3 is 0 Å². The van der Waals surface area contributed by atoms with Crippen LogP contribution in [-0.4, -0.2) is 21.4 Å². The molecule has 2 aliphatic rings. The van der Waals surface area contributed by atoms with Crippen LogP contribution in [0.5, 0.6) is 11.5 Å². The molecule has 0 bridgehead atoms. The second-order valence-corrected chi connectivity index (χ2v) is 5.72. The lowest BCUT2D eigenvalue weighted by Crippen LogP contribution is -2.16. The van der Waals surface area contributed by atoms with Crippen molar-refractivity contribution in [3.05, 3.63) is 17.2 Å². The lowest BCUT2D eigenvalue weighted by molar-refractivity contribution is 0.155.